The van der Waals surface area contributed by atoms with E-state index < -0.39 is 0 Å². The molecule has 6 N–H and O–H groups in total. The Balaban J connectivity index is 0.000000128. The largest absolute Gasteiger partial charge is 0.356 e. The smallest absolute Gasteiger partial charge is 0.123 e. The van der Waals surface area contributed by atoms with Crippen LogP contribution in [0, 0.1) is 26.6 Å². The Hall–Kier alpha value is -12.2. The molecule has 0 radical (unpaired) electrons. The Kier molecular flexibility index (Phi) is 26.4. The van der Waals surface area contributed by atoms with Crippen LogP contribution in [0.5, 0.6) is 0 Å². The van der Waals surface area contributed by atoms with Crippen LogP contribution in [-0.4, -0.2) is 0 Å². The topological polar surface area (TPSA) is 72.2 Å². The summed E-state index contributed by atoms with van der Waals surface area (Å²) in [5.74, 6) is -0.219. The normalized spacial score (nSPS) is 10.7. The van der Waals surface area contributed by atoms with Crippen LogP contribution < -0.4 is 31.9 Å². The predicted molar refractivity (Wildman–Crippen MR) is 419 cm³/mol. The molecule has 0 atom stereocenters. The van der Waals surface area contributed by atoms with Gasteiger partial charge in [-0.05, 0) is 225 Å². The number of anilines is 12. The molecule has 0 heterocycles. The molecule has 0 amide bonds. The summed E-state index contributed by atoms with van der Waals surface area (Å²) in [6.45, 7) is 6.32. The van der Waals surface area contributed by atoms with E-state index in [1.165, 1.54) is 99.3 Å². The molecule has 1 aliphatic carbocycles. The third-order valence-electron chi connectivity index (χ3n) is 16.0. The van der Waals surface area contributed by atoms with Crippen molar-refractivity contribution in [3.63, 3.8) is 0 Å². The molecule has 0 aromatic heterocycles. The molecule has 0 saturated carbocycles. The predicted octanol–water partition coefficient (Wildman–Crippen LogP) is 25.9. The number of aryl methyl sites for hydroxylation is 5. The maximum atomic E-state index is 12.6. The third-order valence-corrected chi connectivity index (χ3v) is 16.0. The average Bonchev–Trinajstić information content (AvgIpc) is 0.922. The minimum Gasteiger partial charge on any atom is -0.356 e. The number of hydrogen-bond donors (Lipinski definition) is 6. The van der Waals surface area contributed by atoms with Crippen LogP contribution in [0.2, 0.25) is 0 Å². The first-order chi connectivity index (χ1) is 48.2. The summed E-state index contributed by atoms with van der Waals surface area (Å²) in [7, 11) is 0. The van der Waals surface area contributed by atoms with Crippen molar-refractivity contribution < 1.29 is 4.39 Å². The van der Waals surface area contributed by atoms with E-state index in [9.17, 15) is 4.39 Å². The van der Waals surface area contributed by atoms with Crippen molar-refractivity contribution in [2.45, 2.75) is 46.5 Å². The van der Waals surface area contributed by atoms with E-state index in [1.807, 2.05) is 121 Å². The lowest BCUT2D eigenvalue weighted by atomic mass is 9.91. The van der Waals surface area contributed by atoms with Crippen molar-refractivity contribution in [2.24, 2.45) is 0 Å². The highest BCUT2D eigenvalue weighted by Crippen LogP contribution is 2.31. The zero-order valence-corrected chi connectivity index (χ0v) is 56.0. The van der Waals surface area contributed by atoms with Crippen molar-refractivity contribution >= 4 is 68.2 Å². The molecular formula is C91H85FN6. The number of nitrogens with one attached hydrogen (secondary N) is 6. The number of rotatable bonds is 14. The maximum absolute atomic E-state index is 12.6. The number of benzene rings is 14. The van der Waals surface area contributed by atoms with Gasteiger partial charge in [0.15, 0.2) is 0 Å². The molecule has 0 spiro atoms. The lowest BCUT2D eigenvalue weighted by Crippen LogP contribution is -2.03. The molecule has 0 unspecified atom stereocenters. The fourth-order valence-corrected chi connectivity index (χ4v) is 10.9. The van der Waals surface area contributed by atoms with Gasteiger partial charge >= 0.3 is 0 Å². The monoisotopic (exact) mass is 1280 g/mol. The van der Waals surface area contributed by atoms with Crippen molar-refractivity contribution in [2.75, 3.05) is 31.9 Å². The molecule has 7 heteroatoms. The van der Waals surface area contributed by atoms with E-state index in [2.05, 4.69) is 283 Å². The molecule has 98 heavy (non-hydrogen) atoms. The van der Waals surface area contributed by atoms with Gasteiger partial charge in [-0.3, -0.25) is 0 Å². The molecule has 14 aromatic rings. The first-order valence-electron chi connectivity index (χ1n) is 33.4. The third kappa shape index (κ3) is 23.1. The minimum atomic E-state index is -0.219. The van der Waals surface area contributed by atoms with E-state index in [-0.39, 0.29) is 5.82 Å². The molecule has 0 fully saturated rings. The van der Waals surface area contributed by atoms with Crippen molar-refractivity contribution in [1.82, 2.24) is 0 Å². The van der Waals surface area contributed by atoms with Gasteiger partial charge in [0.1, 0.15) is 5.82 Å². The van der Waals surface area contributed by atoms with Gasteiger partial charge < -0.3 is 31.9 Å². The fourth-order valence-electron chi connectivity index (χ4n) is 10.9. The van der Waals surface area contributed by atoms with Crippen LogP contribution >= 0.6 is 0 Å². The molecular weight excluding hydrogens is 1200 g/mol. The Bertz CT molecular complexity index is 4450. The highest BCUT2D eigenvalue weighted by Gasteiger charge is 2.10. The first kappa shape index (κ1) is 68.7. The van der Waals surface area contributed by atoms with Gasteiger partial charge in [-0.15, -0.1) is 0 Å². The second-order valence-corrected chi connectivity index (χ2v) is 23.7. The van der Waals surface area contributed by atoms with E-state index in [4.69, 9.17) is 0 Å². The highest BCUT2D eigenvalue weighted by molar-refractivity contribution is 5.81. The van der Waals surface area contributed by atoms with E-state index in [0.29, 0.717) is 0 Å². The standard InChI is InChI=1S/2C18H15N.C16H17N.C14H15N.C13H13N.C12H10FN/c1-3-9-15(10-4-1)17-13-7-8-14-18(17)19-16-11-5-2-6-12-16;1-3-7-15(8-4-1)16-11-13-18(14-12-16)19-17-9-5-2-6-10-17;1-2-8-15(9-3-1)17-16-11-10-13-6-4-5-7-14(13)12-16;1-11-8-9-14(12(2)10-11)15-13-6-4-3-5-7-13;1-11-7-9-13(10-8-11)14-12-5-3-2-4-6-12;13-10-6-8-12(9-7-10)14-11-4-2-1-3-5-11/h2*1-14,19H;1-3,8-12,17H,4-7H2;3-10,15H,1-2H3;2-10,14H,1H3;1-9,14H. The van der Waals surface area contributed by atoms with Gasteiger partial charge in [-0.2, -0.15) is 0 Å². The van der Waals surface area contributed by atoms with Crippen molar-refractivity contribution in [3.05, 3.63) is 410 Å². The van der Waals surface area contributed by atoms with Crippen LogP contribution in [0.4, 0.5) is 72.6 Å². The number of hydrogen-bond acceptors (Lipinski definition) is 6. The second kappa shape index (κ2) is 37.6. The van der Waals surface area contributed by atoms with Gasteiger partial charge in [0.05, 0.1) is 0 Å². The summed E-state index contributed by atoms with van der Waals surface area (Å²) >= 11 is 0. The second-order valence-electron chi connectivity index (χ2n) is 23.7. The van der Waals surface area contributed by atoms with Gasteiger partial charge in [0.25, 0.3) is 0 Å². The molecule has 0 aliphatic heterocycles. The van der Waals surface area contributed by atoms with Crippen LogP contribution in [0.1, 0.15) is 40.7 Å². The van der Waals surface area contributed by atoms with Crippen LogP contribution in [0.3, 0.4) is 0 Å². The summed E-state index contributed by atoms with van der Waals surface area (Å²) in [5.41, 5.74) is 25.1. The van der Waals surface area contributed by atoms with Gasteiger partial charge in [0, 0.05) is 73.8 Å². The summed E-state index contributed by atoms with van der Waals surface area (Å²) in [6.07, 6.45) is 5.17. The van der Waals surface area contributed by atoms with Crippen LogP contribution in [-0.2, 0) is 12.8 Å². The van der Waals surface area contributed by atoms with E-state index >= 15 is 0 Å². The quantitative estimate of drug-likeness (QED) is 0.0652. The molecule has 6 nitrogen and oxygen atoms in total. The molecule has 0 saturated heterocycles. The van der Waals surface area contributed by atoms with Crippen molar-refractivity contribution in [3.8, 4) is 22.3 Å². The Morgan fingerprint density at radius 3 is 0.990 bits per heavy atom. The number of fused-ring (bicyclic) bond motifs is 1. The summed E-state index contributed by atoms with van der Waals surface area (Å²) in [6, 6.07) is 127. The lowest BCUT2D eigenvalue weighted by Gasteiger charge is -2.17. The molecule has 486 valence electrons. The van der Waals surface area contributed by atoms with Gasteiger partial charge in [0.2, 0.25) is 0 Å². The van der Waals surface area contributed by atoms with Crippen LogP contribution in [0.25, 0.3) is 22.3 Å². The molecule has 0 bridgehead atoms. The molecule has 15 rings (SSSR count). The SMILES string of the molecule is Cc1ccc(Nc2ccccc2)c(C)c1.Cc1ccc(Nc2ccccc2)cc1.Fc1ccc(Nc2ccccc2)cc1.c1ccc(Nc2ccc(-c3ccccc3)cc2)cc1.c1ccc(Nc2ccc3c(c2)CCCC3)cc1.c1ccc(Nc2ccccc2-c2ccccc2)cc1. The number of halogens is 1. The van der Waals surface area contributed by atoms with Gasteiger partial charge in [-0.25, -0.2) is 4.39 Å². The Morgan fingerprint density at radius 1 is 0.224 bits per heavy atom. The molecule has 14 aromatic carbocycles. The lowest BCUT2D eigenvalue weighted by molar-refractivity contribution is 0.628. The first-order valence-corrected chi connectivity index (χ1v) is 33.4. The maximum Gasteiger partial charge on any atom is 0.123 e. The minimum absolute atomic E-state index is 0.219. The molecule has 1 aliphatic rings. The van der Waals surface area contributed by atoms with E-state index in [1.54, 1.807) is 12.1 Å². The highest BCUT2D eigenvalue weighted by atomic mass is 19.1. The zero-order chi connectivity index (χ0) is 67.6. The Morgan fingerprint density at radius 2 is 0.541 bits per heavy atom. The summed E-state index contributed by atoms with van der Waals surface area (Å²) in [4.78, 5) is 0. The van der Waals surface area contributed by atoms with Gasteiger partial charge in [-0.1, -0.05) is 242 Å². The average molecular weight is 1280 g/mol. The number of para-hydroxylation sites is 7. The zero-order valence-electron chi connectivity index (χ0n) is 56.0. The summed E-state index contributed by atoms with van der Waals surface area (Å²) < 4.78 is 12.6. The Labute approximate surface area is 579 Å². The van der Waals surface area contributed by atoms with E-state index in [0.717, 1.165) is 56.9 Å². The fraction of sp³-hybridized carbons (Fsp3) is 0.0769. The van der Waals surface area contributed by atoms with Crippen LogP contribution in [0.15, 0.2) is 376 Å². The summed E-state index contributed by atoms with van der Waals surface area (Å²) in [5, 5.41) is 20.2. The van der Waals surface area contributed by atoms with Crippen molar-refractivity contribution in [1.29, 1.82) is 0 Å².